The predicted molar refractivity (Wildman–Crippen MR) is 92.0 cm³/mol. The molecule has 2 N–H and O–H groups in total. The van der Waals surface area contributed by atoms with E-state index in [0.717, 1.165) is 19.2 Å². The highest BCUT2D eigenvalue weighted by molar-refractivity contribution is 6.01. The van der Waals surface area contributed by atoms with Crippen LogP contribution in [0.5, 0.6) is 11.5 Å². The second-order valence-corrected chi connectivity index (χ2v) is 6.47. The lowest BCUT2D eigenvalue weighted by Crippen LogP contribution is -2.39. The summed E-state index contributed by atoms with van der Waals surface area (Å²) >= 11 is 0. The second kappa shape index (κ2) is 8.30. The van der Waals surface area contributed by atoms with Gasteiger partial charge in [-0.1, -0.05) is 13.8 Å². The molecular weight excluding hydrogens is 336 g/mol. The smallest absolute Gasteiger partial charge is 0.325 e. The summed E-state index contributed by atoms with van der Waals surface area (Å²) in [5.74, 6) is -0.729. The van der Waals surface area contributed by atoms with Crippen LogP contribution >= 0.6 is 12.4 Å². The van der Waals surface area contributed by atoms with Crippen LogP contribution in [0, 0.1) is 22.0 Å². The molecule has 2 rings (SSSR count). The molecule has 0 bridgehead atoms. The van der Waals surface area contributed by atoms with Crippen LogP contribution in [-0.2, 0) is 0 Å². The Bertz CT molecular complexity index is 613. The molecule has 1 saturated heterocycles. The number of hydrogen-bond acceptors (Lipinski definition) is 6. The number of carbonyl (C=O) groups excluding carboxylic acids is 1. The number of phenols is 2. The van der Waals surface area contributed by atoms with Gasteiger partial charge in [0, 0.05) is 26.1 Å². The molecule has 1 aromatic carbocycles. The third-order valence-electron chi connectivity index (χ3n) is 4.21. The van der Waals surface area contributed by atoms with Crippen LogP contribution in [0.15, 0.2) is 12.1 Å². The van der Waals surface area contributed by atoms with Crippen LogP contribution < -0.4 is 0 Å². The Morgan fingerprint density at radius 3 is 2.42 bits per heavy atom. The van der Waals surface area contributed by atoms with Gasteiger partial charge >= 0.3 is 5.69 Å². The Labute approximate surface area is 146 Å². The SMILES string of the molecule is CC1CC(C)CN(CCC(=O)c2ccc(O)c(O)c2[N+](=O)[O-])C1.Cl. The fourth-order valence-corrected chi connectivity index (χ4v) is 3.35. The topological polar surface area (TPSA) is 104 Å². The first-order valence-corrected chi connectivity index (χ1v) is 7.74. The van der Waals surface area contributed by atoms with Gasteiger partial charge in [-0.05, 0) is 30.4 Å². The third kappa shape index (κ3) is 4.58. The van der Waals surface area contributed by atoms with Gasteiger partial charge in [0.2, 0.25) is 5.75 Å². The van der Waals surface area contributed by atoms with Crippen LogP contribution in [-0.4, -0.2) is 45.5 Å². The van der Waals surface area contributed by atoms with Gasteiger partial charge < -0.3 is 15.1 Å². The number of carbonyl (C=O) groups is 1. The van der Waals surface area contributed by atoms with E-state index < -0.39 is 27.9 Å². The lowest BCUT2D eigenvalue weighted by molar-refractivity contribution is -0.386. The Hall–Kier alpha value is -1.86. The number of Topliss-reactive ketones (excluding diaryl/α,β-unsaturated/α-hetero) is 1. The van der Waals surface area contributed by atoms with Crippen molar-refractivity contribution in [1.29, 1.82) is 0 Å². The average molecular weight is 359 g/mol. The molecule has 8 heteroatoms. The molecule has 0 aliphatic carbocycles. The van der Waals surface area contributed by atoms with Gasteiger partial charge in [0.05, 0.1) is 10.5 Å². The summed E-state index contributed by atoms with van der Waals surface area (Å²) in [5, 5.41) is 30.1. The Balaban J connectivity index is 0.00000288. The van der Waals surface area contributed by atoms with Gasteiger partial charge in [-0.25, -0.2) is 0 Å². The van der Waals surface area contributed by atoms with Gasteiger partial charge in [0.1, 0.15) is 0 Å². The van der Waals surface area contributed by atoms with E-state index in [1.807, 2.05) is 0 Å². The van der Waals surface area contributed by atoms with Crippen molar-refractivity contribution >= 4 is 23.9 Å². The van der Waals surface area contributed by atoms with Crippen molar-refractivity contribution in [3.8, 4) is 11.5 Å². The molecule has 1 heterocycles. The number of nitro groups is 1. The number of nitrogens with zero attached hydrogens (tertiary/aromatic N) is 2. The van der Waals surface area contributed by atoms with Crippen molar-refractivity contribution in [3.05, 3.63) is 27.8 Å². The molecule has 0 amide bonds. The molecule has 1 aromatic rings. The van der Waals surface area contributed by atoms with E-state index in [4.69, 9.17) is 0 Å². The molecule has 1 aliphatic rings. The summed E-state index contributed by atoms with van der Waals surface area (Å²) in [6.45, 7) is 6.72. The number of benzene rings is 1. The highest BCUT2D eigenvalue weighted by atomic mass is 35.5. The Morgan fingerprint density at radius 1 is 1.29 bits per heavy atom. The van der Waals surface area contributed by atoms with Gasteiger partial charge in [-0.15, -0.1) is 12.4 Å². The molecule has 7 nitrogen and oxygen atoms in total. The summed E-state index contributed by atoms with van der Waals surface area (Å²) in [7, 11) is 0. The molecule has 24 heavy (non-hydrogen) atoms. The number of rotatable bonds is 5. The van der Waals surface area contributed by atoms with Crippen LogP contribution in [0.3, 0.4) is 0 Å². The number of phenolic OH excluding ortho intramolecular Hbond substituents is 2. The maximum absolute atomic E-state index is 12.3. The van der Waals surface area contributed by atoms with Crippen molar-refractivity contribution in [1.82, 2.24) is 4.90 Å². The van der Waals surface area contributed by atoms with Crippen LogP contribution in [0.25, 0.3) is 0 Å². The summed E-state index contributed by atoms with van der Waals surface area (Å²) in [5.41, 5.74) is -0.890. The van der Waals surface area contributed by atoms with Crippen molar-refractivity contribution < 1.29 is 19.9 Å². The number of halogens is 1. The zero-order valence-electron chi connectivity index (χ0n) is 13.8. The maximum Gasteiger partial charge on any atom is 0.325 e. The maximum atomic E-state index is 12.3. The number of aromatic hydroxyl groups is 2. The first-order valence-electron chi connectivity index (χ1n) is 7.74. The van der Waals surface area contributed by atoms with E-state index in [-0.39, 0.29) is 24.4 Å². The van der Waals surface area contributed by atoms with Gasteiger partial charge in [-0.2, -0.15) is 0 Å². The van der Waals surface area contributed by atoms with Crippen molar-refractivity contribution in [3.63, 3.8) is 0 Å². The summed E-state index contributed by atoms with van der Waals surface area (Å²) in [6.07, 6.45) is 1.31. The molecule has 0 spiro atoms. The minimum Gasteiger partial charge on any atom is -0.504 e. The van der Waals surface area contributed by atoms with E-state index >= 15 is 0 Å². The molecule has 0 radical (unpaired) electrons. The molecule has 2 atom stereocenters. The van der Waals surface area contributed by atoms with E-state index in [2.05, 4.69) is 18.7 Å². The van der Waals surface area contributed by atoms with E-state index in [9.17, 15) is 25.1 Å². The molecule has 1 fully saturated rings. The van der Waals surface area contributed by atoms with E-state index in [0.29, 0.717) is 18.4 Å². The van der Waals surface area contributed by atoms with Crippen molar-refractivity contribution in [2.45, 2.75) is 26.7 Å². The highest BCUT2D eigenvalue weighted by Gasteiger charge is 2.28. The normalized spacial score (nSPS) is 21.1. The summed E-state index contributed by atoms with van der Waals surface area (Å²) in [6, 6.07) is 2.29. The standard InChI is InChI=1S/C16H22N2O5.ClH/c1-10-7-11(2)9-17(8-10)6-5-13(19)12-3-4-14(20)16(21)15(12)18(22)23;/h3-4,10-11,20-21H,5-9H2,1-2H3;1H. The molecular formula is C16H23ClN2O5. The summed E-state index contributed by atoms with van der Waals surface area (Å²) in [4.78, 5) is 24.7. The number of likely N-dealkylation sites (tertiary alicyclic amines) is 1. The number of nitro benzene ring substituents is 1. The quantitative estimate of drug-likeness (QED) is 0.363. The lowest BCUT2D eigenvalue weighted by Gasteiger charge is -2.34. The average Bonchev–Trinajstić information content (AvgIpc) is 2.46. The third-order valence-corrected chi connectivity index (χ3v) is 4.21. The number of piperidine rings is 1. The summed E-state index contributed by atoms with van der Waals surface area (Å²) < 4.78 is 0. The Kier molecular flexibility index (Phi) is 6.98. The van der Waals surface area contributed by atoms with Crippen molar-refractivity contribution in [2.24, 2.45) is 11.8 Å². The second-order valence-electron chi connectivity index (χ2n) is 6.47. The van der Waals surface area contributed by atoms with E-state index in [1.165, 1.54) is 12.5 Å². The lowest BCUT2D eigenvalue weighted by atomic mass is 9.91. The van der Waals surface area contributed by atoms with Crippen LogP contribution in [0.1, 0.15) is 37.0 Å². The number of hydrogen-bond donors (Lipinski definition) is 2. The first kappa shape index (κ1) is 20.2. The molecule has 2 unspecified atom stereocenters. The van der Waals surface area contributed by atoms with Gasteiger partial charge in [0.25, 0.3) is 0 Å². The zero-order valence-corrected chi connectivity index (χ0v) is 14.6. The first-order chi connectivity index (χ1) is 10.8. The van der Waals surface area contributed by atoms with E-state index in [1.54, 1.807) is 0 Å². The predicted octanol–water partition coefficient (Wildman–Crippen LogP) is 2.98. The highest BCUT2D eigenvalue weighted by Crippen LogP contribution is 2.38. The van der Waals surface area contributed by atoms with Crippen molar-refractivity contribution in [2.75, 3.05) is 19.6 Å². The van der Waals surface area contributed by atoms with Gasteiger partial charge in [-0.3, -0.25) is 14.9 Å². The number of ketones is 1. The fraction of sp³-hybridized carbons (Fsp3) is 0.562. The van der Waals surface area contributed by atoms with Crippen LogP contribution in [0.4, 0.5) is 5.69 Å². The monoisotopic (exact) mass is 358 g/mol. The molecule has 0 saturated carbocycles. The van der Waals surface area contributed by atoms with Gasteiger partial charge in [0.15, 0.2) is 11.5 Å². The minimum atomic E-state index is -0.860. The van der Waals surface area contributed by atoms with Crippen LogP contribution in [0.2, 0.25) is 0 Å². The minimum absolute atomic E-state index is 0. The fourth-order valence-electron chi connectivity index (χ4n) is 3.35. The molecule has 1 aliphatic heterocycles. The molecule has 134 valence electrons. The largest absolute Gasteiger partial charge is 0.504 e. The Morgan fingerprint density at radius 2 is 1.88 bits per heavy atom. The zero-order chi connectivity index (χ0) is 17.1. The molecule has 0 aromatic heterocycles.